The Morgan fingerprint density at radius 3 is 2.68 bits per heavy atom. The molecule has 1 aromatic carbocycles. The Balaban J connectivity index is 2.50. The van der Waals surface area contributed by atoms with Crippen molar-refractivity contribution in [3.63, 3.8) is 0 Å². The molecule has 3 N–H and O–H groups in total. The van der Waals surface area contributed by atoms with Crippen LogP contribution < -0.4 is 20.5 Å². The maximum absolute atomic E-state index is 12.3. The number of benzene rings is 1. The van der Waals surface area contributed by atoms with Gasteiger partial charge in [-0.3, -0.25) is 4.79 Å². The van der Waals surface area contributed by atoms with Gasteiger partial charge in [0.2, 0.25) is 5.91 Å². The number of hydrogen-bond donors (Lipinski definition) is 2. The van der Waals surface area contributed by atoms with E-state index in [1.807, 2.05) is 6.92 Å². The van der Waals surface area contributed by atoms with Crippen molar-refractivity contribution in [1.82, 2.24) is 5.32 Å². The quantitative estimate of drug-likeness (QED) is 0.731. The minimum Gasteiger partial charge on any atom is -0.493 e. The molecule has 5 nitrogen and oxygen atoms in total. The van der Waals surface area contributed by atoms with E-state index in [9.17, 15) is 13.6 Å². The summed E-state index contributed by atoms with van der Waals surface area (Å²) in [4.78, 5) is 11.5. The molecule has 1 rings (SSSR count). The molecule has 0 spiro atoms. The first-order valence-corrected chi connectivity index (χ1v) is 7.06. The van der Waals surface area contributed by atoms with E-state index in [1.54, 1.807) is 12.1 Å². The predicted octanol–water partition coefficient (Wildman–Crippen LogP) is 2.08. The predicted molar refractivity (Wildman–Crippen MR) is 79.2 cm³/mol. The molecule has 124 valence electrons. The lowest BCUT2D eigenvalue weighted by atomic mass is 10.1. The molecule has 1 amide bonds. The molecule has 0 fully saturated rings. The van der Waals surface area contributed by atoms with Crippen LogP contribution in [0.1, 0.15) is 25.3 Å². The second kappa shape index (κ2) is 9.19. The SMILES string of the molecule is COc1ccc(CCNC(=O)CCC(C)N)cc1OC(F)F. The van der Waals surface area contributed by atoms with E-state index in [0.29, 0.717) is 25.8 Å². The van der Waals surface area contributed by atoms with Crippen molar-refractivity contribution in [3.05, 3.63) is 23.8 Å². The fraction of sp³-hybridized carbons (Fsp3) is 0.533. The zero-order valence-electron chi connectivity index (χ0n) is 12.8. The van der Waals surface area contributed by atoms with Gasteiger partial charge >= 0.3 is 6.61 Å². The van der Waals surface area contributed by atoms with E-state index in [0.717, 1.165) is 5.56 Å². The van der Waals surface area contributed by atoms with Crippen molar-refractivity contribution in [2.75, 3.05) is 13.7 Å². The van der Waals surface area contributed by atoms with Gasteiger partial charge in [-0.1, -0.05) is 6.07 Å². The van der Waals surface area contributed by atoms with Gasteiger partial charge in [0.15, 0.2) is 11.5 Å². The Kier molecular flexibility index (Phi) is 7.59. The number of alkyl halides is 2. The van der Waals surface area contributed by atoms with Gasteiger partial charge in [-0.2, -0.15) is 8.78 Å². The summed E-state index contributed by atoms with van der Waals surface area (Å²) in [5.74, 6) is 0.151. The molecule has 0 aliphatic heterocycles. The summed E-state index contributed by atoms with van der Waals surface area (Å²) < 4.78 is 34.0. The molecule has 7 heteroatoms. The highest BCUT2D eigenvalue weighted by Crippen LogP contribution is 2.29. The molecule has 1 unspecified atom stereocenters. The Morgan fingerprint density at radius 1 is 1.36 bits per heavy atom. The number of nitrogens with two attached hydrogens (primary N) is 1. The number of halogens is 2. The van der Waals surface area contributed by atoms with E-state index in [1.165, 1.54) is 13.2 Å². The van der Waals surface area contributed by atoms with Gasteiger partial charge in [-0.15, -0.1) is 0 Å². The second-order valence-corrected chi connectivity index (χ2v) is 4.98. The number of methoxy groups -OCH3 is 1. The number of hydrogen-bond acceptors (Lipinski definition) is 4. The summed E-state index contributed by atoms with van der Waals surface area (Å²) in [5.41, 5.74) is 6.34. The van der Waals surface area contributed by atoms with E-state index >= 15 is 0 Å². The van der Waals surface area contributed by atoms with Crippen molar-refractivity contribution in [2.24, 2.45) is 5.73 Å². The van der Waals surface area contributed by atoms with Gasteiger partial charge in [0.1, 0.15) is 0 Å². The molecule has 0 saturated heterocycles. The van der Waals surface area contributed by atoms with Crippen molar-refractivity contribution in [2.45, 2.75) is 38.8 Å². The molecular formula is C15H22F2N2O3. The van der Waals surface area contributed by atoms with Gasteiger partial charge in [-0.25, -0.2) is 0 Å². The first-order valence-electron chi connectivity index (χ1n) is 7.06. The Labute approximate surface area is 128 Å². The van der Waals surface area contributed by atoms with Crippen LogP contribution in [-0.4, -0.2) is 32.2 Å². The van der Waals surface area contributed by atoms with Crippen LogP contribution in [0.2, 0.25) is 0 Å². The van der Waals surface area contributed by atoms with E-state index in [-0.39, 0.29) is 23.4 Å². The van der Waals surface area contributed by atoms with E-state index < -0.39 is 6.61 Å². The average Bonchev–Trinajstić information content (AvgIpc) is 2.45. The van der Waals surface area contributed by atoms with Crippen LogP contribution in [0, 0.1) is 0 Å². The second-order valence-electron chi connectivity index (χ2n) is 4.98. The highest BCUT2D eigenvalue weighted by molar-refractivity contribution is 5.75. The van der Waals surface area contributed by atoms with Crippen LogP contribution in [0.3, 0.4) is 0 Å². The van der Waals surface area contributed by atoms with Gasteiger partial charge in [0, 0.05) is 19.0 Å². The van der Waals surface area contributed by atoms with Crippen molar-refractivity contribution in [3.8, 4) is 11.5 Å². The maximum Gasteiger partial charge on any atom is 0.387 e. The summed E-state index contributed by atoms with van der Waals surface area (Å²) in [6.07, 6.45) is 1.51. The molecular weight excluding hydrogens is 294 g/mol. The van der Waals surface area contributed by atoms with Gasteiger partial charge < -0.3 is 20.5 Å². The lowest BCUT2D eigenvalue weighted by Crippen LogP contribution is -2.27. The minimum atomic E-state index is -2.91. The molecule has 1 atom stereocenters. The maximum atomic E-state index is 12.3. The molecule has 0 aliphatic rings. The Bertz CT molecular complexity index is 482. The molecule has 0 heterocycles. The van der Waals surface area contributed by atoms with Gasteiger partial charge in [-0.05, 0) is 37.5 Å². The molecule has 22 heavy (non-hydrogen) atoms. The standard InChI is InChI=1S/C15H22F2N2O3/c1-10(18)3-6-14(20)19-8-7-11-4-5-12(21-2)13(9-11)22-15(16)17/h4-5,9-10,15H,3,6-8,18H2,1-2H3,(H,19,20). The number of amides is 1. The van der Waals surface area contributed by atoms with Crippen LogP contribution >= 0.6 is 0 Å². The summed E-state index contributed by atoms with van der Waals surface area (Å²) in [6.45, 7) is -0.657. The fourth-order valence-corrected chi connectivity index (χ4v) is 1.86. The van der Waals surface area contributed by atoms with Crippen molar-refractivity contribution >= 4 is 5.91 Å². The Morgan fingerprint density at radius 2 is 2.09 bits per heavy atom. The first kappa shape index (κ1) is 18.2. The fourth-order valence-electron chi connectivity index (χ4n) is 1.86. The van der Waals surface area contributed by atoms with E-state index in [4.69, 9.17) is 10.5 Å². The number of nitrogens with one attached hydrogen (secondary N) is 1. The molecule has 0 aliphatic carbocycles. The third-order valence-electron chi connectivity index (χ3n) is 3.01. The van der Waals surface area contributed by atoms with Crippen LogP contribution in [0.15, 0.2) is 18.2 Å². The van der Waals surface area contributed by atoms with Crippen molar-refractivity contribution < 1.29 is 23.0 Å². The topological polar surface area (TPSA) is 73.6 Å². The highest BCUT2D eigenvalue weighted by atomic mass is 19.3. The zero-order chi connectivity index (χ0) is 16.5. The number of ether oxygens (including phenoxy) is 2. The Hall–Kier alpha value is -1.89. The molecule has 1 aromatic rings. The lowest BCUT2D eigenvalue weighted by molar-refractivity contribution is -0.121. The summed E-state index contributed by atoms with van der Waals surface area (Å²) in [7, 11) is 1.38. The van der Waals surface area contributed by atoms with Crippen LogP contribution in [0.5, 0.6) is 11.5 Å². The highest BCUT2D eigenvalue weighted by Gasteiger charge is 2.11. The minimum absolute atomic E-state index is 0.0126. The molecule has 0 radical (unpaired) electrons. The zero-order valence-corrected chi connectivity index (χ0v) is 12.8. The smallest absolute Gasteiger partial charge is 0.387 e. The number of carbonyl (C=O) groups excluding carboxylic acids is 1. The molecule has 0 saturated carbocycles. The third-order valence-corrected chi connectivity index (χ3v) is 3.01. The molecule has 0 bridgehead atoms. The summed E-state index contributed by atoms with van der Waals surface area (Å²) in [6, 6.07) is 4.77. The van der Waals surface area contributed by atoms with Crippen LogP contribution in [0.25, 0.3) is 0 Å². The third kappa shape index (κ3) is 6.71. The summed E-state index contributed by atoms with van der Waals surface area (Å²) in [5, 5.41) is 2.76. The van der Waals surface area contributed by atoms with Crippen LogP contribution in [0.4, 0.5) is 8.78 Å². The lowest BCUT2D eigenvalue weighted by Gasteiger charge is -2.12. The van der Waals surface area contributed by atoms with Gasteiger partial charge in [0.25, 0.3) is 0 Å². The first-order chi connectivity index (χ1) is 10.4. The van der Waals surface area contributed by atoms with Gasteiger partial charge in [0.05, 0.1) is 7.11 Å². The average molecular weight is 316 g/mol. The largest absolute Gasteiger partial charge is 0.493 e. The monoisotopic (exact) mass is 316 g/mol. The van der Waals surface area contributed by atoms with Crippen LogP contribution in [-0.2, 0) is 11.2 Å². The number of rotatable bonds is 9. The number of carbonyl (C=O) groups is 1. The normalized spacial score (nSPS) is 12.1. The summed E-state index contributed by atoms with van der Waals surface area (Å²) >= 11 is 0. The molecule has 0 aromatic heterocycles. The van der Waals surface area contributed by atoms with Crippen molar-refractivity contribution in [1.29, 1.82) is 0 Å². The van der Waals surface area contributed by atoms with E-state index in [2.05, 4.69) is 10.1 Å².